The molecular formula is C12H25NO2. The van der Waals surface area contributed by atoms with E-state index >= 15 is 0 Å². The summed E-state index contributed by atoms with van der Waals surface area (Å²) in [6.45, 7) is 11.0. The second kappa shape index (κ2) is 5.28. The van der Waals surface area contributed by atoms with Crippen molar-refractivity contribution in [2.45, 2.75) is 51.9 Å². The van der Waals surface area contributed by atoms with Gasteiger partial charge in [0.2, 0.25) is 0 Å². The molecule has 0 amide bonds. The summed E-state index contributed by atoms with van der Waals surface area (Å²) in [6, 6.07) is 0.515. The predicted molar refractivity (Wildman–Crippen MR) is 62.2 cm³/mol. The third kappa shape index (κ3) is 4.49. The zero-order valence-corrected chi connectivity index (χ0v) is 10.7. The molecule has 15 heavy (non-hydrogen) atoms. The highest BCUT2D eigenvalue weighted by Crippen LogP contribution is 2.20. The number of likely N-dealkylation sites (N-methyl/N-ethyl adjacent to an activating group) is 1. The molecule has 0 aromatic carbocycles. The molecular weight excluding hydrogens is 190 g/mol. The van der Waals surface area contributed by atoms with E-state index in [-0.39, 0.29) is 5.60 Å². The van der Waals surface area contributed by atoms with Gasteiger partial charge in [0.1, 0.15) is 0 Å². The average Bonchev–Trinajstić information content (AvgIpc) is 2.42. The molecule has 0 saturated carbocycles. The Labute approximate surface area is 93.7 Å². The summed E-state index contributed by atoms with van der Waals surface area (Å²) in [5, 5.41) is 0. The summed E-state index contributed by atoms with van der Waals surface area (Å²) in [4.78, 5) is 2.34. The van der Waals surface area contributed by atoms with Crippen molar-refractivity contribution < 1.29 is 9.47 Å². The van der Waals surface area contributed by atoms with E-state index in [1.54, 1.807) is 0 Å². The number of hydrogen-bond acceptors (Lipinski definition) is 3. The van der Waals surface area contributed by atoms with E-state index in [0.717, 1.165) is 26.2 Å². The van der Waals surface area contributed by atoms with Crippen LogP contribution in [0, 0.1) is 0 Å². The molecule has 0 N–H and O–H groups in total. The Bertz CT molecular complexity index is 189. The lowest BCUT2D eigenvalue weighted by molar-refractivity contribution is -0.0257. The van der Waals surface area contributed by atoms with Crippen molar-refractivity contribution >= 4 is 0 Å². The van der Waals surface area contributed by atoms with Crippen molar-refractivity contribution in [1.82, 2.24) is 4.90 Å². The number of rotatable bonds is 4. The molecule has 3 heteroatoms. The van der Waals surface area contributed by atoms with E-state index in [1.807, 2.05) is 0 Å². The minimum absolute atomic E-state index is 0.0372. The van der Waals surface area contributed by atoms with Gasteiger partial charge in [-0.15, -0.1) is 0 Å². The topological polar surface area (TPSA) is 21.7 Å². The number of ether oxygens (including phenoxy) is 2. The maximum Gasteiger partial charge on any atom is 0.0717 e. The first-order chi connectivity index (χ1) is 6.92. The SMILES string of the molecule is CCO[C@@H]1C[C@@H](COC(C)(C)C)N(C)C1. The summed E-state index contributed by atoms with van der Waals surface area (Å²) < 4.78 is 11.5. The molecule has 2 atom stereocenters. The molecule has 0 spiro atoms. The van der Waals surface area contributed by atoms with Crippen LogP contribution in [0.2, 0.25) is 0 Å². The van der Waals surface area contributed by atoms with E-state index in [9.17, 15) is 0 Å². The molecule has 0 aromatic heterocycles. The largest absolute Gasteiger partial charge is 0.377 e. The molecule has 1 aliphatic rings. The van der Waals surface area contributed by atoms with Crippen LogP contribution < -0.4 is 0 Å². The maximum absolute atomic E-state index is 5.81. The standard InChI is InChI=1S/C12H25NO2/c1-6-14-11-7-10(13(5)8-11)9-15-12(2,3)4/h10-11H,6-9H2,1-5H3/t10-,11+/m0/s1. The van der Waals surface area contributed by atoms with Crippen molar-refractivity contribution in [3.63, 3.8) is 0 Å². The normalized spacial score (nSPS) is 28.6. The van der Waals surface area contributed by atoms with Gasteiger partial charge in [-0.05, 0) is 41.2 Å². The highest BCUT2D eigenvalue weighted by molar-refractivity contribution is 4.84. The Balaban J connectivity index is 2.31. The fourth-order valence-electron chi connectivity index (χ4n) is 1.93. The van der Waals surface area contributed by atoms with Crippen molar-refractivity contribution in [2.24, 2.45) is 0 Å². The van der Waals surface area contributed by atoms with Crippen molar-refractivity contribution in [3.05, 3.63) is 0 Å². The number of likely N-dealkylation sites (tertiary alicyclic amines) is 1. The first kappa shape index (κ1) is 12.9. The first-order valence-corrected chi connectivity index (χ1v) is 5.88. The summed E-state index contributed by atoms with van der Waals surface area (Å²) in [6.07, 6.45) is 1.49. The van der Waals surface area contributed by atoms with E-state index < -0.39 is 0 Å². The van der Waals surface area contributed by atoms with Crippen molar-refractivity contribution in [1.29, 1.82) is 0 Å². The lowest BCUT2D eigenvalue weighted by Crippen LogP contribution is -2.33. The van der Waals surface area contributed by atoms with Gasteiger partial charge in [-0.3, -0.25) is 4.90 Å². The van der Waals surface area contributed by atoms with E-state index in [0.29, 0.717) is 12.1 Å². The fourth-order valence-corrected chi connectivity index (χ4v) is 1.93. The molecule has 0 unspecified atom stereocenters. The van der Waals surface area contributed by atoms with E-state index in [4.69, 9.17) is 9.47 Å². The van der Waals surface area contributed by atoms with Crippen LogP contribution in [0.5, 0.6) is 0 Å². The predicted octanol–water partition coefficient (Wildman–Crippen LogP) is 1.91. The summed E-state index contributed by atoms with van der Waals surface area (Å²) in [5.74, 6) is 0. The summed E-state index contributed by atoms with van der Waals surface area (Å²) in [7, 11) is 2.15. The van der Waals surface area contributed by atoms with Gasteiger partial charge >= 0.3 is 0 Å². The van der Waals surface area contributed by atoms with Crippen molar-refractivity contribution in [2.75, 3.05) is 26.8 Å². The van der Waals surface area contributed by atoms with Gasteiger partial charge in [0.25, 0.3) is 0 Å². The Morgan fingerprint density at radius 1 is 1.33 bits per heavy atom. The van der Waals surface area contributed by atoms with Crippen LogP contribution in [0.4, 0.5) is 0 Å². The Hall–Kier alpha value is -0.120. The van der Waals surface area contributed by atoms with Crippen LogP contribution in [-0.4, -0.2) is 49.5 Å². The van der Waals surface area contributed by atoms with Gasteiger partial charge in [0.15, 0.2) is 0 Å². The molecule has 1 heterocycles. The third-order valence-electron chi connectivity index (χ3n) is 2.76. The summed E-state index contributed by atoms with van der Waals surface area (Å²) in [5.41, 5.74) is -0.0372. The number of nitrogens with zero attached hydrogens (tertiary/aromatic N) is 1. The average molecular weight is 215 g/mol. The van der Waals surface area contributed by atoms with Crippen LogP contribution in [0.25, 0.3) is 0 Å². The maximum atomic E-state index is 5.81. The van der Waals surface area contributed by atoms with Gasteiger partial charge in [-0.2, -0.15) is 0 Å². The highest BCUT2D eigenvalue weighted by atomic mass is 16.5. The van der Waals surface area contributed by atoms with Gasteiger partial charge < -0.3 is 9.47 Å². The second-order valence-electron chi connectivity index (χ2n) is 5.33. The first-order valence-electron chi connectivity index (χ1n) is 5.88. The Morgan fingerprint density at radius 2 is 2.00 bits per heavy atom. The molecule has 3 nitrogen and oxygen atoms in total. The Kier molecular flexibility index (Phi) is 4.56. The zero-order valence-electron chi connectivity index (χ0n) is 10.7. The third-order valence-corrected chi connectivity index (χ3v) is 2.76. The molecule has 0 bridgehead atoms. The minimum atomic E-state index is -0.0372. The lowest BCUT2D eigenvalue weighted by Gasteiger charge is -2.25. The molecule has 90 valence electrons. The quantitative estimate of drug-likeness (QED) is 0.715. The van der Waals surface area contributed by atoms with Crippen LogP contribution in [0.3, 0.4) is 0 Å². The van der Waals surface area contributed by atoms with Crippen LogP contribution in [-0.2, 0) is 9.47 Å². The molecule has 0 radical (unpaired) electrons. The Morgan fingerprint density at radius 3 is 2.53 bits per heavy atom. The van der Waals surface area contributed by atoms with Gasteiger partial charge in [-0.25, -0.2) is 0 Å². The molecule has 1 rings (SSSR count). The number of hydrogen-bond donors (Lipinski definition) is 0. The van der Waals surface area contributed by atoms with Crippen LogP contribution in [0.15, 0.2) is 0 Å². The second-order valence-corrected chi connectivity index (χ2v) is 5.33. The molecule has 0 aliphatic carbocycles. The van der Waals surface area contributed by atoms with E-state index in [1.165, 1.54) is 0 Å². The fraction of sp³-hybridized carbons (Fsp3) is 1.00. The zero-order chi connectivity index (χ0) is 11.5. The van der Waals surface area contributed by atoms with E-state index in [2.05, 4.69) is 39.6 Å². The highest BCUT2D eigenvalue weighted by Gasteiger charge is 2.30. The minimum Gasteiger partial charge on any atom is -0.377 e. The molecule has 1 saturated heterocycles. The lowest BCUT2D eigenvalue weighted by atomic mass is 10.1. The molecule has 0 aromatic rings. The smallest absolute Gasteiger partial charge is 0.0717 e. The van der Waals surface area contributed by atoms with Crippen molar-refractivity contribution in [3.8, 4) is 0 Å². The van der Waals surface area contributed by atoms with Gasteiger partial charge in [-0.1, -0.05) is 0 Å². The molecule has 1 fully saturated rings. The van der Waals surface area contributed by atoms with Gasteiger partial charge in [0, 0.05) is 19.2 Å². The monoisotopic (exact) mass is 215 g/mol. The molecule has 1 aliphatic heterocycles. The van der Waals surface area contributed by atoms with Crippen LogP contribution >= 0.6 is 0 Å². The summed E-state index contributed by atoms with van der Waals surface area (Å²) >= 11 is 0. The van der Waals surface area contributed by atoms with Crippen LogP contribution in [0.1, 0.15) is 34.1 Å². The van der Waals surface area contributed by atoms with Gasteiger partial charge in [0.05, 0.1) is 18.3 Å².